The Labute approximate surface area is 98.5 Å². The molecule has 0 amide bonds. The van der Waals surface area contributed by atoms with Crippen LogP contribution in [0.2, 0.25) is 0 Å². The topological polar surface area (TPSA) is 30.7 Å². The van der Waals surface area contributed by atoms with Gasteiger partial charge in [-0.2, -0.15) is 5.10 Å². The minimum absolute atomic E-state index is 0.957. The summed E-state index contributed by atoms with van der Waals surface area (Å²) in [7, 11) is 1.90. The number of aromatic nitrogens is 3. The minimum Gasteiger partial charge on any atom is -0.273 e. The number of fused-ring (bicyclic) bond motifs is 1. The molecule has 2 rings (SSSR count). The first-order valence-corrected chi connectivity index (χ1v) is 5.94. The molecule has 2 aromatic rings. The van der Waals surface area contributed by atoms with E-state index < -0.39 is 0 Å². The summed E-state index contributed by atoms with van der Waals surface area (Å²) in [6.45, 7) is 10.2. The zero-order valence-electron chi connectivity index (χ0n) is 11.3. The molecule has 0 aliphatic carbocycles. The predicted octanol–water partition coefficient (Wildman–Crippen LogP) is 3.72. The number of hydrogen-bond acceptors (Lipinski definition) is 2. The van der Waals surface area contributed by atoms with Crippen LogP contribution >= 0.6 is 0 Å². The maximum Gasteiger partial charge on any atom is 0.111 e. The zero-order valence-corrected chi connectivity index (χ0v) is 11.3. The van der Waals surface area contributed by atoms with Crippen LogP contribution < -0.4 is 0 Å². The summed E-state index contributed by atoms with van der Waals surface area (Å²) in [6.07, 6.45) is 3.17. The van der Waals surface area contributed by atoms with Crippen molar-refractivity contribution in [1.29, 1.82) is 0 Å². The lowest BCUT2D eigenvalue weighted by atomic mass is 10.3. The number of rotatable bonds is 0. The highest BCUT2D eigenvalue weighted by molar-refractivity contribution is 5.73. The van der Waals surface area contributed by atoms with Gasteiger partial charge in [0.2, 0.25) is 0 Å². The van der Waals surface area contributed by atoms with Crippen LogP contribution in [0.5, 0.6) is 0 Å². The summed E-state index contributed by atoms with van der Waals surface area (Å²) in [5.74, 6) is 0. The molecule has 0 aromatic carbocycles. The van der Waals surface area contributed by atoms with Gasteiger partial charge in [0.25, 0.3) is 0 Å². The van der Waals surface area contributed by atoms with Gasteiger partial charge in [0.15, 0.2) is 0 Å². The van der Waals surface area contributed by atoms with E-state index in [-0.39, 0.29) is 0 Å². The molecule has 0 bridgehead atoms. The second kappa shape index (κ2) is 7.85. The van der Waals surface area contributed by atoms with Crippen LogP contribution in [-0.2, 0) is 7.05 Å². The van der Waals surface area contributed by atoms with Crippen molar-refractivity contribution in [2.24, 2.45) is 7.05 Å². The molecule has 0 aliphatic heterocycles. The maximum atomic E-state index is 4.31. The van der Waals surface area contributed by atoms with Gasteiger partial charge in [-0.3, -0.25) is 4.68 Å². The fourth-order valence-electron chi connectivity index (χ4n) is 1.12. The van der Waals surface area contributed by atoms with Crippen molar-refractivity contribution in [2.45, 2.75) is 41.0 Å². The molecule has 0 N–H and O–H groups in total. The predicted molar refractivity (Wildman–Crippen MR) is 70.6 cm³/mol. The Morgan fingerprint density at radius 3 is 2.25 bits per heavy atom. The first-order valence-electron chi connectivity index (χ1n) is 5.94. The van der Waals surface area contributed by atoms with Gasteiger partial charge in [-0.1, -0.05) is 34.1 Å². The van der Waals surface area contributed by atoms with E-state index in [0.717, 1.165) is 16.7 Å². The minimum atomic E-state index is 0.957. The zero-order chi connectivity index (χ0) is 12.6. The van der Waals surface area contributed by atoms with Gasteiger partial charge in [-0.05, 0) is 19.1 Å². The van der Waals surface area contributed by atoms with Crippen molar-refractivity contribution in [2.75, 3.05) is 0 Å². The number of nitrogens with zero attached hydrogens (tertiary/aromatic N) is 3. The lowest BCUT2D eigenvalue weighted by Crippen LogP contribution is -1.84. The Bertz CT molecular complexity index is 404. The van der Waals surface area contributed by atoms with E-state index in [1.165, 1.54) is 6.42 Å². The van der Waals surface area contributed by atoms with E-state index in [1.807, 2.05) is 46.1 Å². The monoisotopic (exact) mass is 221 g/mol. The molecule has 2 aromatic heterocycles. The third kappa shape index (κ3) is 4.43. The molecular weight excluding hydrogens is 198 g/mol. The highest BCUT2D eigenvalue weighted by Gasteiger charge is 1.97. The van der Waals surface area contributed by atoms with E-state index in [4.69, 9.17) is 0 Å². The fourth-order valence-corrected chi connectivity index (χ4v) is 1.12. The Hall–Kier alpha value is -1.38. The number of hydrogen-bond donors (Lipinski definition) is 0. The van der Waals surface area contributed by atoms with Gasteiger partial charge >= 0.3 is 0 Å². The first-order chi connectivity index (χ1) is 7.67. The lowest BCUT2D eigenvalue weighted by molar-refractivity contribution is 0.779. The number of pyridine rings is 1. The average molecular weight is 221 g/mol. The molecule has 0 atom stereocenters. The van der Waals surface area contributed by atoms with Crippen molar-refractivity contribution in [3.8, 4) is 0 Å². The number of aryl methyl sites for hydroxylation is 2. The fraction of sp³-hybridized carbons (Fsp3) is 0.538. The molecule has 90 valence electrons. The van der Waals surface area contributed by atoms with Gasteiger partial charge in [0.05, 0.1) is 6.20 Å². The quantitative estimate of drug-likeness (QED) is 0.679. The second-order valence-corrected chi connectivity index (χ2v) is 3.37. The van der Waals surface area contributed by atoms with Gasteiger partial charge in [-0.15, -0.1) is 0 Å². The van der Waals surface area contributed by atoms with Gasteiger partial charge < -0.3 is 0 Å². The van der Waals surface area contributed by atoms with E-state index >= 15 is 0 Å². The SMILES string of the molecule is CC.CCC.Cc1ccc2nn(C)cc2n1. The summed E-state index contributed by atoms with van der Waals surface area (Å²) in [5.41, 5.74) is 2.95. The molecule has 0 saturated carbocycles. The Balaban J connectivity index is 0.000000394. The molecule has 0 unspecified atom stereocenters. The van der Waals surface area contributed by atoms with Crippen LogP contribution in [0.25, 0.3) is 11.0 Å². The van der Waals surface area contributed by atoms with E-state index in [9.17, 15) is 0 Å². The maximum absolute atomic E-state index is 4.31. The molecule has 0 saturated heterocycles. The Morgan fingerprint density at radius 1 is 1.12 bits per heavy atom. The van der Waals surface area contributed by atoms with Gasteiger partial charge in [-0.25, -0.2) is 4.98 Å². The molecule has 0 spiro atoms. The van der Waals surface area contributed by atoms with Crippen molar-refractivity contribution in [3.63, 3.8) is 0 Å². The molecular formula is C13H23N3. The largest absolute Gasteiger partial charge is 0.273 e. The molecule has 3 nitrogen and oxygen atoms in total. The highest BCUT2D eigenvalue weighted by atomic mass is 15.2. The summed E-state index contributed by atoms with van der Waals surface area (Å²) in [5, 5.41) is 4.21. The summed E-state index contributed by atoms with van der Waals surface area (Å²) in [4.78, 5) is 4.31. The molecule has 2 heterocycles. The molecule has 0 fully saturated rings. The summed E-state index contributed by atoms with van der Waals surface area (Å²) in [6, 6.07) is 3.95. The first kappa shape index (κ1) is 14.6. The van der Waals surface area contributed by atoms with Crippen LogP contribution in [0.3, 0.4) is 0 Å². The summed E-state index contributed by atoms with van der Waals surface area (Å²) >= 11 is 0. The molecule has 0 aliphatic rings. The molecule has 0 radical (unpaired) electrons. The third-order valence-corrected chi connectivity index (χ3v) is 1.62. The average Bonchev–Trinajstić information content (AvgIpc) is 2.61. The van der Waals surface area contributed by atoms with Crippen LogP contribution in [0.4, 0.5) is 0 Å². The van der Waals surface area contributed by atoms with E-state index in [0.29, 0.717) is 0 Å². The van der Waals surface area contributed by atoms with Crippen molar-refractivity contribution >= 4 is 11.0 Å². The Morgan fingerprint density at radius 2 is 1.69 bits per heavy atom. The van der Waals surface area contributed by atoms with Crippen molar-refractivity contribution < 1.29 is 0 Å². The van der Waals surface area contributed by atoms with Crippen LogP contribution in [0.15, 0.2) is 18.3 Å². The lowest BCUT2D eigenvalue weighted by Gasteiger charge is -1.87. The van der Waals surface area contributed by atoms with Crippen molar-refractivity contribution in [3.05, 3.63) is 24.0 Å². The normalized spacial score (nSPS) is 8.88. The van der Waals surface area contributed by atoms with E-state index in [1.54, 1.807) is 4.68 Å². The van der Waals surface area contributed by atoms with Crippen molar-refractivity contribution in [1.82, 2.24) is 14.8 Å². The standard InChI is InChI=1S/C8H9N3.C3H8.C2H6/c1-6-3-4-7-8(9-6)5-11(2)10-7;1-3-2;1-2/h3-5H,1-2H3;3H2,1-2H3;1-2H3. The third-order valence-electron chi connectivity index (χ3n) is 1.62. The molecule has 3 heteroatoms. The smallest absolute Gasteiger partial charge is 0.111 e. The molecule has 16 heavy (non-hydrogen) atoms. The second-order valence-electron chi connectivity index (χ2n) is 3.37. The summed E-state index contributed by atoms with van der Waals surface area (Å²) < 4.78 is 1.77. The highest BCUT2D eigenvalue weighted by Crippen LogP contribution is 2.08. The van der Waals surface area contributed by atoms with Crippen LogP contribution in [0, 0.1) is 6.92 Å². The van der Waals surface area contributed by atoms with Crippen LogP contribution in [0.1, 0.15) is 39.8 Å². The van der Waals surface area contributed by atoms with Gasteiger partial charge in [0, 0.05) is 12.7 Å². The Kier molecular flexibility index (Phi) is 7.18. The van der Waals surface area contributed by atoms with Crippen LogP contribution in [-0.4, -0.2) is 14.8 Å². The van der Waals surface area contributed by atoms with Gasteiger partial charge in [0.1, 0.15) is 11.0 Å². The van der Waals surface area contributed by atoms with E-state index in [2.05, 4.69) is 23.9 Å².